The fourth-order valence-electron chi connectivity index (χ4n) is 1.50. The fraction of sp³-hybridized carbons (Fsp3) is 0.889. The quantitative estimate of drug-likeness (QED) is 0.579. The van der Waals surface area contributed by atoms with E-state index >= 15 is 0 Å². The molecule has 2 nitrogen and oxygen atoms in total. The lowest BCUT2D eigenvalue weighted by molar-refractivity contribution is -0.144. The van der Waals surface area contributed by atoms with Crippen molar-refractivity contribution in [1.82, 2.24) is 0 Å². The van der Waals surface area contributed by atoms with Gasteiger partial charge in [-0.05, 0) is 40.5 Å². The fourth-order valence-corrected chi connectivity index (χ4v) is 1.50. The number of carbonyl (C=O) groups excluding carboxylic acids is 1. The van der Waals surface area contributed by atoms with Crippen LogP contribution in [0.25, 0.3) is 0 Å². The second kappa shape index (κ2) is 2.31. The first-order valence-corrected chi connectivity index (χ1v) is 4.07. The average molecular weight is 156 g/mol. The Morgan fingerprint density at radius 1 is 1.27 bits per heavy atom. The molecule has 1 aliphatic rings. The first kappa shape index (κ1) is 8.72. The Balaban J connectivity index is 2.73. The maximum absolute atomic E-state index is 11.1. The Kier molecular flexibility index (Phi) is 1.83. The summed E-state index contributed by atoms with van der Waals surface area (Å²) < 4.78 is 5.65. The summed E-state index contributed by atoms with van der Waals surface area (Å²) in [5.41, 5.74) is -0.621. The molecule has 0 aliphatic carbocycles. The Hall–Kier alpha value is -0.370. The Morgan fingerprint density at radius 3 is 2.00 bits per heavy atom. The maximum Gasteiger partial charge on any atom is 0.161 e. The molecule has 1 unspecified atom stereocenters. The molecule has 0 bridgehead atoms. The summed E-state index contributed by atoms with van der Waals surface area (Å²) in [7, 11) is 0. The second-order valence-corrected chi connectivity index (χ2v) is 4.15. The molecule has 11 heavy (non-hydrogen) atoms. The van der Waals surface area contributed by atoms with Gasteiger partial charge in [0, 0.05) is 0 Å². The molecular weight excluding hydrogens is 140 g/mol. The van der Waals surface area contributed by atoms with Crippen molar-refractivity contribution in [2.45, 2.75) is 51.7 Å². The molecule has 0 N–H and O–H groups in total. The highest BCUT2D eigenvalue weighted by Gasteiger charge is 2.43. The minimum Gasteiger partial charge on any atom is -0.362 e. The van der Waals surface area contributed by atoms with Gasteiger partial charge < -0.3 is 4.74 Å². The number of hydrogen-bond donors (Lipinski definition) is 0. The third-order valence-corrected chi connectivity index (χ3v) is 2.45. The van der Waals surface area contributed by atoms with Crippen LogP contribution in [0.4, 0.5) is 0 Å². The van der Waals surface area contributed by atoms with Gasteiger partial charge in [-0.3, -0.25) is 4.79 Å². The van der Waals surface area contributed by atoms with Crippen LogP contribution in [-0.2, 0) is 9.53 Å². The van der Waals surface area contributed by atoms with Crippen molar-refractivity contribution in [3.05, 3.63) is 0 Å². The molecule has 1 saturated heterocycles. The van der Waals surface area contributed by atoms with Gasteiger partial charge in [0.2, 0.25) is 0 Å². The molecule has 1 atom stereocenters. The van der Waals surface area contributed by atoms with Crippen LogP contribution >= 0.6 is 0 Å². The first-order valence-electron chi connectivity index (χ1n) is 4.07. The van der Waals surface area contributed by atoms with Crippen molar-refractivity contribution < 1.29 is 9.53 Å². The van der Waals surface area contributed by atoms with E-state index in [1.807, 2.05) is 20.8 Å². The predicted molar refractivity (Wildman–Crippen MR) is 43.5 cm³/mol. The van der Waals surface area contributed by atoms with Crippen LogP contribution < -0.4 is 0 Å². The monoisotopic (exact) mass is 156 g/mol. The number of hydrogen-bond acceptors (Lipinski definition) is 2. The Bertz CT molecular complexity index is 184. The Labute approximate surface area is 67.9 Å². The molecule has 1 heterocycles. The molecule has 0 amide bonds. The molecule has 64 valence electrons. The van der Waals surface area contributed by atoms with E-state index in [2.05, 4.69) is 0 Å². The van der Waals surface area contributed by atoms with E-state index in [0.29, 0.717) is 0 Å². The van der Waals surface area contributed by atoms with Crippen molar-refractivity contribution in [3.8, 4) is 0 Å². The third-order valence-electron chi connectivity index (χ3n) is 2.45. The van der Waals surface area contributed by atoms with Crippen molar-refractivity contribution in [1.29, 1.82) is 0 Å². The van der Waals surface area contributed by atoms with Crippen LogP contribution in [-0.4, -0.2) is 17.0 Å². The van der Waals surface area contributed by atoms with Gasteiger partial charge >= 0.3 is 0 Å². The highest BCUT2D eigenvalue weighted by Crippen LogP contribution is 2.37. The van der Waals surface area contributed by atoms with Gasteiger partial charge in [-0.2, -0.15) is 0 Å². The molecule has 2 heteroatoms. The molecule has 0 spiro atoms. The van der Waals surface area contributed by atoms with Crippen LogP contribution in [0.15, 0.2) is 0 Å². The number of carbonyl (C=O) groups is 1. The summed E-state index contributed by atoms with van der Waals surface area (Å²) >= 11 is 0. The molecule has 1 aliphatic heterocycles. The lowest BCUT2D eigenvalue weighted by Gasteiger charge is -2.25. The summed E-state index contributed by atoms with van der Waals surface area (Å²) in [6.07, 6.45) is 1.83. The van der Waals surface area contributed by atoms with Gasteiger partial charge in [0.15, 0.2) is 5.78 Å². The van der Waals surface area contributed by atoms with E-state index in [-0.39, 0.29) is 11.4 Å². The summed E-state index contributed by atoms with van der Waals surface area (Å²) in [4.78, 5) is 11.1. The van der Waals surface area contributed by atoms with Gasteiger partial charge in [0.05, 0.1) is 5.60 Å². The third kappa shape index (κ3) is 1.62. The summed E-state index contributed by atoms with van der Waals surface area (Å²) in [5, 5.41) is 0. The first-order chi connectivity index (χ1) is 4.86. The van der Waals surface area contributed by atoms with Crippen molar-refractivity contribution in [2.75, 3.05) is 0 Å². The second-order valence-electron chi connectivity index (χ2n) is 4.15. The minimum atomic E-state index is -0.510. The lowest BCUT2D eigenvalue weighted by Crippen LogP contribution is -2.35. The van der Waals surface area contributed by atoms with E-state index in [1.54, 1.807) is 6.92 Å². The Morgan fingerprint density at radius 2 is 1.82 bits per heavy atom. The lowest BCUT2D eigenvalue weighted by atomic mass is 9.96. The van der Waals surface area contributed by atoms with E-state index in [9.17, 15) is 4.79 Å². The van der Waals surface area contributed by atoms with Crippen molar-refractivity contribution in [2.24, 2.45) is 0 Å². The number of ether oxygens (including phenoxy) is 1. The molecule has 0 aromatic carbocycles. The van der Waals surface area contributed by atoms with E-state index in [4.69, 9.17) is 4.74 Å². The zero-order valence-electron chi connectivity index (χ0n) is 7.73. The number of ketones is 1. The van der Waals surface area contributed by atoms with E-state index < -0.39 is 5.60 Å². The van der Waals surface area contributed by atoms with Crippen molar-refractivity contribution >= 4 is 5.78 Å². The van der Waals surface area contributed by atoms with Crippen molar-refractivity contribution in [3.63, 3.8) is 0 Å². The zero-order chi connectivity index (χ0) is 8.70. The topological polar surface area (TPSA) is 26.3 Å². The highest BCUT2D eigenvalue weighted by molar-refractivity contribution is 5.84. The van der Waals surface area contributed by atoms with E-state index in [1.165, 1.54) is 0 Å². The highest BCUT2D eigenvalue weighted by atomic mass is 16.5. The number of rotatable bonds is 1. The standard InChI is InChI=1S/C9H16O2/c1-7(10)9(4)6-5-8(2,3)11-9/h5-6H2,1-4H3. The molecular formula is C9H16O2. The van der Waals surface area contributed by atoms with Gasteiger partial charge in [0.1, 0.15) is 5.60 Å². The summed E-state index contributed by atoms with van der Waals surface area (Å²) in [6, 6.07) is 0. The molecule has 1 fully saturated rings. The van der Waals surface area contributed by atoms with Crippen LogP contribution in [0.2, 0.25) is 0 Å². The summed E-state index contributed by atoms with van der Waals surface area (Å²) in [6.45, 7) is 7.54. The average Bonchev–Trinajstić information content (AvgIpc) is 2.08. The van der Waals surface area contributed by atoms with Gasteiger partial charge in [-0.15, -0.1) is 0 Å². The molecule has 1 rings (SSSR count). The summed E-state index contributed by atoms with van der Waals surface area (Å²) in [5.74, 6) is 0.142. The van der Waals surface area contributed by atoms with Gasteiger partial charge in [0.25, 0.3) is 0 Å². The zero-order valence-corrected chi connectivity index (χ0v) is 7.73. The molecule has 0 aromatic rings. The number of Topliss-reactive ketones (excluding diaryl/α,β-unsaturated/α-hetero) is 1. The SMILES string of the molecule is CC(=O)C1(C)CCC(C)(C)O1. The normalized spacial score (nSPS) is 35.6. The van der Waals surface area contributed by atoms with Gasteiger partial charge in [-0.25, -0.2) is 0 Å². The van der Waals surface area contributed by atoms with Crippen LogP contribution in [0.5, 0.6) is 0 Å². The van der Waals surface area contributed by atoms with Crippen LogP contribution in [0.3, 0.4) is 0 Å². The largest absolute Gasteiger partial charge is 0.362 e. The predicted octanol–water partition coefficient (Wildman–Crippen LogP) is 1.92. The van der Waals surface area contributed by atoms with Gasteiger partial charge in [-0.1, -0.05) is 0 Å². The molecule has 0 radical (unpaired) electrons. The van der Waals surface area contributed by atoms with E-state index in [0.717, 1.165) is 12.8 Å². The smallest absolute Gasteiger partial charge is 0.161 e. The maximum atomic E-state index is 11.1. The van der Waals surface area contributed by atoms with Crippen LogP contribution in [0.1, 0.15) is 40.5 Å². The minimum absolute atomic E-state index is 0.111. The molecule has 0 aromatic heterocycles. The van der Waals surface area contributed by atoms with Crippen LogP contribution in [0, 0.1) is 0 Å². The molecule has 0 saturated carbocycles.